The first-order valence-corrected chi connectivity index (χ1v) is 9.51. The molecule has 1 N–H and O–H groups in total. The van der Waals surface area contributed by atoms with Crippen LogP contribution < -0.4 is 4.90 Å². The lowest BCUT2D eigenvalue weighted by molar-refractivity contribution is 0.540. The van der Waals surface area contributed by atoms with Gasteiger partial charge in [-0.15, -0.1) is 0 Å². The summed E-state index contributed by atoms with van der Waals surface area (Å²) in [5, 5.41) is 8.25. The maximum atomic E-state index is 8.25. The SMILES string of the molecule is CCCC1=CC(=Nc2ccc(N(CC)C(C)C)cc2)C(N(C)C)=CC1=N. The Kier molecular flexibility index (Phi) is 6.78. The van der Waals surface area contributed by atoms with Crippen LogP contribution in [0.3, 0.4) is 0 Å². The van der Waals surface area contributed by atoms with Gasteiger partial charge in [0.25, 0.3) is 0 Å². The van der Waals surface area contributed by atoms with Crippen molar-refractivity contribution < 1.29 is 0 Å². The molecule has 0 aromatic heterocycles. The van der Waals surface area contributed by atoms with Crippen LogP contribution in [0.5, 0.6) is 0 Å². The fraction of sp³-hybridized carbons (Fsp3) is 0.455. The van der Waals surface area contributed by atoms with Gasteiger partial charge in [0, 0.05) is 32.4 Å². The van der Waals surface area contributed by atoms with Crippen LogP contribution in [0.1, 0.15) is 40.5 Å². The summed E-state index contributed by atoms with van der Waals surface area (Å²) in [6.07, 6.45) is 5.94. The van der Waals surface area contributed by atoms with Gasteiger partial charge in [0.05, 0.1) is 22.8 Å². The second kappa shape index (κ2) is 8.84. The summed E-state index contributed by atoms with van der Waals surface area (Å²) in [5.41, 5.74) is 5.74. The normalized spacial score (nSPS) is 16.0. The van der Waals surface area contributed by atoms with Crippen LogP contribution in [0.25, 0.3) is 0 Å². The standard InChI is InChI=1S/C22H32N4/c1-7-9-17-14-21(22(25(5)6)15-20(17)23)24-18-10-12-19(13-11-18)26(8-2)16(3)4/h10-16,23H,7-9H2,1-6H3. The molecule has 26 heavy (non-hydrogen) atoms. The third kappa shape index (κ3) is 4.63. The van der Waals surface area contributed by atoms with Gasteiger partial charge in [0.1, 0.15) is 0 Å². The number of rotatable bonds is 7. The first kappa shape index (κ1) is 20.0. The number of anilines is 1. The molecule has 0 saturated heterocycles. The van der Waals surface area contributed by atoms with E-state index in [4.69, 9.17) is 10.4 Å². The minimum absolute atomic E-state index is 0.476. The zero-order valence-corrected chi connectivity index (χ0v) is 17.0. The Morgan fingerprint density at radius 2 is 1.69 bits per heavy atom. The molecular weight excluding hydrogens is 320 g/mol. The summed E-state index contributed by atoms with van der Waals surface area (Å²) < 4.78 is 0. The van der Waals surface area contributed by atoms with Crippen LogP contribution in [-0.4, -0.2) is 43.0 Å². The van der Waals surface area contributed by atoms with Gasteiger partial charge in [-0.1, -0.05) is 13.3 Å². The molecule has 4 nitrogen and oxygen atoms in total. The highest BCUT2D eigenvalue weighted by atomic mass is 15.1. The molecule has 1 aliphatic carbocycles. The number of hydrogen-bond donors (Lipinski definition) is 1. The Hall–Kier alpha value is -2.36. The lowest BCUT2D eigenvalue weighted by Crippen LogP contribution is -2.30. The van der Waals surface area contributed by atoms with E-state index in [1.807, 2.05) is 25.1 Å². The van der Waals surface area contributed by atoms with Crippen LogP contribution in [0.2, 0.25) is 0 Å². The minimum Gasteiger partial charge on any atom is -0.376 e. The van der Waals surface area contributed by atoms with Gasteiger partial charge in [-0.05, 0) is 69.2 Å². The van der Waals surface area contributed by atoms with Crippen molar-refractivity contribution in [2.45, 2.75) is 46.6 Å². The Balaban J connectivity index is 2.36. The average Bonchev–Trinajstić information content (AvgIpc) is 2.59. The summed E-state index contributed by atoms with van der Waals surface area (Å²) in [4.78, 5) is 9.26. The zero-order valence-electron chi connectivity index (χ0n) is 17.0. The van der Waals surface area contributed by atoms with Crippen LogP contribution in [0.15, 0.2) is 52.7 Å². The van der Waals surface area contributed by atoms with Crippen molar-refractivity contribution >= 4 is 22.8 Å². The van der Waals surface area contributed by atoms with Crippen LogP contribution in [0, 0.1) is 5.41 Å². The van der Waals surface area contributed by atoms with Gasteiger partial charge in [0.15, 0.2) is 0 Å². The van der Waals surface area contributed by atoms with E-state index >= 15 is 0 Å². The third-order valence-electron chi connectivity index (χ3n) is 4.60. The first-order valence-electron chi connectivity index (χ1n) is 9.51. The van der Waals surface area contributed by atoms with Gasteiger partial charge >= 0.3 is 0 Å². The minimum atomic E-state index is 0.476. The van der Waals surface area contributed by atoms with Crippen molar-refractivity contribution in [2.75, 3.05) is 25.5 Å². The highest BCUT2D eigenvalue weighted by molar-refractivity contribution is 6.23. The summed E-state index contributed by atoms with van der Waals surface area (Å²) >= 11 is 0. The molecule has 140 valence electrons. The van der Waals surface area contributed by atoms with E-state index in [2.05, 4.69) is 62.9 Å². The maximum Gasteiger partial charge on any atom is 0.0874 e. The molecule has 0 atom stereocenters. The number of nitrogens with one attached hydrogen (secondary N) is 1. The van der Waals surface area contributed by atoms with E-state index < -0.39 is 0 Å². The lowest BCUT2D eigenvalue weighted by atomic mass is 9.96. The largest absolute Gasteiger partial charge is 0.376 e. The predicted molar refractivity (Wildman–Crippen MR) is 114 cm³/mol. The Morgan fingerprint density at radius 3 is 2.19 bits per heavy atom. The quantitative estimate of drug-likeness (QED) is 0.685. The van der Waals surface area contributed by atoms with Gasteiger partial charge < -0.3 is 15.2 Å². The molecule has 1 aliphatic rings. The van der Waals surface area contributed by atoms with E-state index in [9.17, 15) is 0 Å². The highest BCUT2D eigenvalue weighted by Gasteiger charge is 2.17. The second-order valence-corrected chi connectivity index (χ2v) is 7.15. The molecule has 0 aliphatic heterocycles. The summed E-state index contributed by atoms with van der Waals surface area (Å²) in [7, 11) is 4.00. The summed E-state index contributed by atoms with van der Waals surface area (Å²) in [5.74, 6) is 0. The molecule has 0 amide bonds. The average molecular weight is 353 g/mol. The summed E-state index contributed by atoms with van der Waals surface area (Å²) in [6.45, 7) is 9.73. The molecular formula is C22H32N4. The first-order chi connectivity index (χ1) is 12.4. The maximum absolute atomic E-state index is 8.25. The second-order valence-electron chi connectivity index (χ2n) is 7.15. The molecule has 0 fully saturated rings. The molecule has 0 spiro atoms. The Labute approximate surface area is 158 Å². The zero-order chi connectivity index (χ0) is 19.3. The molecule has 4 heteroatoms. The Morgan fingerprint density at radius 1 is 1.04 bits per heavy atom. The number of benzene rings is 1. The molecule has 0 saturated carbocycles. The van der Waals surface area contributed by atoms with Gasteiger partial charge in [-0.25, -0.2) is 4.99 Å². The van der Waals surface area contributed by atoms with Gasteiger partial charge in [-0.2, -0.15) is 0 Å². The van der Waals surface area contributed by atoms with Crippen molar-refractivity contribution in [2.24, 2.45) is 4.99 Å². The monoisotopic (exact) mass is 352 g/mol. The topological polar surface area (TPSA) is 42.7 Å². The van der Waals surface area contributed by atoms with Crippen molar-refractivity contribution in [1.82, 2.24) is 4.90 Å². The fourth-order valence-electron chi connectivity index (χ4n) is 3.25. The lowest BCUT2D eigenvalue weighted by Gasteiger charge is -2.27. The van der Waals surface area contributed by atoms with E-state index in [1.54, 1.807) is 0 Å². The Bertz CT molecular complexity index is 721. The predicted octanol–water partition coefficient (Wildman–Crippen LogP) is 5.20. The van der Waals surface area contributed by atoms with Gasteiger partial charge in [-0.3, -0.25) is 0 Å². The van der Waals surface area contributed by atoms with Crippen molar-refractivity contribution in [3.63, 3.8) is 0 Å². The van der Waals surface area contributed by atoms with Crippen LogP contribution in [0.4, 0.5) is 11.4 Å². The molecule has 0 radical (unpaired) electrons. The number of allylic oxidation sites excluding steroid dienone is 3. The molecule has 1 aromatic rings. The van der Waals surface area contributed by atoms with Crippen LogP contribution >= 0.6 is 0 Å². The molecule has 0 unspecified atom stereocenters. The van der Waals surface area contributed by atoms with E-state index in [0.717, 1.165) is 42.1 Å². The third-order valence-corrected chi connectivity index (χ3v) is 4.60. The van der Waals surface area contributed by atoms with E-state index in [1.165, 1.54) is 5.69 Å². The number of hydrogen-bond acceptors (Lipinski definition) is 4. The highest BCUT2D eigenvalue weighted by Crippen LogP contribution is 2.25. The van der Waals surface area contributed by atoms with Crippen LogP contribution in [-0.2, 0) is 0 Å². The smallest absolute Gasteiger partial charge is 0.0874 e. The number of nitrogens with zero attached hydrogens (tertiary/aromatic N) is 3. The molecule has 0 bridgehead atoms. The van der Waals surface area contributed by atoms with Crippen molar-refractivity contribution in [1.29, 1.82) is 5.41 Å². The van der Waals surface area contributed by atoms with E-state index in [0.29, 0.717) is 11.8 Å². The molecule has 2 rings (SSSR count). The molecule has 1 aromatic carbocycles. The van der Waals surface area contributed by atoms with Crippen molar-refractivity contribution in [3.8, 4) is 0 Å². The summed E-state index contributed by atoms with van der Waals surface area (Å²) in [6, 6.07) is 8.92. The van der Waals surface area contributed by atoms with Crippen molar-refractivity contribution in [3.05, 3.63) is 47.7 Å². The molecule has 0 heterocycles. The van der Waals surface area contributed by atoms with E-state index in [-0.39, 0.29) is 0 Å². The van der Waals surface area contributed by atoms with Gasteiger partial charge in [0.2, 0.25) is 0 Å². The fourth-order valence-corrected chi connectivity index (χ4v) is 3.25. The number of aliphatic imine (C=N–C) groups is 1.